The number of aromatic nitrogens is 5. The fourth-order valence-corrected chi connectivity index (χ4v) is 10.8. The fraction of sp³-hybridized carbons (Fsp3) is 0.0500. The van der Waals surface area contributed by atoms with Crippen LogP contribution in [0.1, 0.15) is 25.0 Å². The molecule has 1 aliphatic rings. The Bertz CT molecular complexity index is 4080. The smallest absolute Gasteiger partial charge is 0.238 e. The molecule has 0 unspecified atom stereocenters. The van der Waals surface area contributed by atoms with Gasteiger partial charge in [0.1, 0.15) is 5.58 Å². The van der Waals surface area contributed by atoms with E-state index in [9.17, 15) is 0 Å². The minimum absolute atomic E-state index is 0.194. The molecule has 0 atom stereocenters. The molecule has 0 fully saturated rings. The molecule has 0 aliphatic heterocycles. The Labute approximate surface area is 379 Å². The summed E-state index contributed by atoms with van der Waals surface area (Å²) in [6.07, 6.45) is 0. The summed E-state index contributed by atoms with van der Waals surface area (Å²) in [6, 6.07) is 71.3. The van der Waals surface area contributed by atoms with Gasteiger partial charge in [0.05, 0.1) is 27.8 Å². The fourth-order valence-electron chi connectivity index (χ4n) is 10.8. The maximum absolute atomic E-state index is 6.59. The van der Waals surface area contributed by atoms with Crippen molar-refractivity contribution in [3.8, 4) is 56.7 Å². The van der Waals surface area contributed by atoms with E-state index >= 15 is 0 Å². The predicted molar refractivity (Wildman–Crippen MR) is 270 cm³/mol. The highest BCUT2D eigenvalue weighted by atomic mass is 16.3. The zero-order chi connectivity index (χ0) is 43.7. The molecule has 0 N–H and O–H groups in total. The van der Waals surface area contributed by atoms with E-state index in [0.717, 1.165) is 82.7 Å². The average molecular weight is 846 g/mol. The van der Waals surface area contributed by atoms with Gasteiger partial charge < -0.3 is 8.98 Å². The second-order valence-corrected chi connectivity index (χ2v) is 18.0. The first kappa shape index (κ1) is 36.8. The van der Waals surface area contributed by atoms with Crippen molar-refractivity contribution in [3.05, 3.63) is 211 Å². The Kier molecular flexibility index (Phi) is 7.64. The summed E-state index contributed by atoms with van der Waals surface area (Å²) in [7, 11) is 0. The van der Waals surface area contributed by atoms with E-state index in [-0.39, 0.29) is 5.41 Å². The van der Waals surface area contributed by atoms with Crippen LogP contribution in [0, 0.1) is 0 Å². The maximum Gasteiger partial charge on any atom is 0.238 e. The molecule has 310 valence electrons. The standard InChI is InChI=1S/C60H39N5O/c1-60(2)48-24-12-9-20-40(48)44-34-47-46-33-39(29-31-52(46)65(54(47)35-49(44)60)59-62-57(36-16-5-3-6-17-36)61-58(63-59)37-18-7-4-8-19-37)38-28-30-51-45(32-38)41-21-10-13-25-50(41)64(51)53-26-15-23-43-42-22-11-14-27-55(42)66-56(43)53/h3-35H,1-2H3. The zero-order valence-corrected chi connectivity index (χ0v) is 36.2. The number of para-hydroxylation sites is 3. The molecule has 0 bridgehead atoms. The van der Waals surface area contributed by atoms with E-state index in [2.05, 4.69) is 175 Å². The van der Waals surface area contributed by atoms with Crippen LogP contribution in [0.4, 0.5) is 0 Å². The number of hydrogen-bond acceptors (Lipinski definition) is 4. The summed E-state index contributed by atoms with van der Waals surface area (Å²) >= 11 is 0. The van der Waals surface area contributed by atoms with Gasteiger partial charge in [0.25, 0.3) is 0 Å². The third-order valence-electron chi connectivity index (χ3n) is 14.0. The van der Waals surface area contributed by atoms with Gasteiger partial charge in [-0.05, 0) is 88.0 Å². The van der Waals surface area contributed by atoms with Crippen molar-refractivity contribution in [2.45, 2.75) is 19.3 Å². The summed E-state index contributed by atoms with van der Waals surface area (Å²) in [4.78, 5) is 15.6. The van der Waals surface area contributed by atoms with Crippen molar-refractivity contribution in [1.82, 2.24) is 24.1 Å². The number of nitrogens with zero attached hydrogens (tertiary/aromatic N) is 5. The average Bonchev–Trinajstić information content (AvgIpc) is 4.08. The first-order valence-electron chi connectivity index (χ1n) is 22.5. The van der Waals surface area contributed by atoms with Gasteiger partial charge in [0, 0.05) is 48.9 Å². The minimum atomic E-state index is -0.194. The molecule has 0 spiro atoms. The lowest BCUT2D eigenvalue weighted by Crippen LogP contribution is -2.15. The lowest BCUT2D eigenvalue weighted by atomic mass is 9.82. The van der Waals surface area contributed by atoms with Gasteiger partial charge in [-0.25, -0.2) is 4.98 Å². The van der Waals surface area contributed by atoms with Crippen molar-refractivity contribution < 1.29 is 4.42 Å². The normalized spacial score (nSPS) is 13.1. The molecule has 13 aromatic rings. The summed E-state index contributed by atoms with van der Waals surface area (Å²) < 4.78 is 11.2. The molecule has 4 heterocycles. The number of hydrogen-bond donors (Lipinski definition) is 0. The van der Waals surface area contributed by atoms with Crippen molar-refractivity contribution in [2.75, 3.05) is 0 Å². The molecule has 6 heteroatoms. The summed E-state index contributed by atoms with van der Waals surface area (Å²) in [6.45, 7) is 4.67. The number of benzene rings is 9. The molecule has 0 saturated heterocycles. The Balaban J connectivity index is 1.01. The third kappa shape index (κ3) is 5.27. The van der Waals surface area contributed by atoms with Gasteiger partial charge in [-0.1, -0.05) is 159 Å². The van der Waals surface area contributed by atoms with Crippen LogP contribution in [0.3, 0.4) is 0 Å². The number of fused-ring (bicyclic) bond motifs is 12. The first-order valence-corrected chi connectivity index (χ1v) is 22.5. The van der Waals surface area contributed by atoms with Crippen LogP contribution in [-0.2, 0) is 5.41 Å². The molecule has 0 saturated carbocycles. The Morgan fingerprint density at radius 2 is 0.955 bits per heavy atom. The Morgan fingerprint density at radius 1 is 0.379 bits per heavy atom. The van der Waals surface area contributed by atoms with Gasteiger partial charge in [0.2, 0.25) is 5.95 Å². The number of rotatable bonds is 5. The molecular weight excluding hydrogens is 807 g/mol. The number of furan rings is 1. The molecule has 14 rings (SSSR count). The van der Waals surface area contributed by atoms with Crippen LogP contribution < -0.4 is 0 Å². The van der Waals surface area contributed by atoms with E-state index in [4.69, 9.17) is 19.4 Å². The second-order valence-electron chi connectivity index (χ2n) is 18.0. The molecule has 66 heavy (non-hydrogen) atoms. The molecule has 6 nitrogen and oxygen atoms in total. The highest BCUT2D eigenvalue weighted by molar-refractivity contribution is 6.15. The lowest BCUT2D eigenvalue weighted by molar-refractivity contribution is 0.661. The van der Waals surface area contributed by atoms with Crippen molar-refractivity contribution >= 4 is 65.6 Å². The molecule has 4 aromatic heterocycles. The first-order chi connectivity index (χ1) is 32.5. The van der Waals surface area contributed by atoms with Crippen molar-refractivity contribution in [1.29, 1.82) is 0 Å². The molecule has 9 aromatic carbocycles. The molecular formula is C60H39N5O. The van der Waals surface area contributed by atoms with E-state index in [1.807, 2.05) is 48.5 Å². The highest BCUT2D eigenvalue weighted by Gasteiger charge is 2.36. The van der Waals surface area contributed by atoms with E-state index in [1.54, 1.807) is 0 Å². The van der Waals surface area contributed by atoms with Crippen LogP contribution in [-0.4, -0.2) is 24.1 Å². The maximum atomic E-state index is 6.59. The monoisotopic (exact) mass is 845 g/mol. The van der Waals surface area contributed by atoms with E-state index in [1.165, 1.54) is 33.0 Å². The van der Waals surface area contributed by atoms with Gasteiger partial charge in [-0.15, -0.1) is 0 Å². The summed E-state index contributed by atoms with van der Waals surface area (Å²) in [5.41, 5.74) is 16.3. The molecule has 0 amide bonds. The lowest BCUT2D eigenvalue weighted by Gasteiger charge is -2.21. The summed E-state index contributed by atoms with van der Waals surface area (Å²) in [5.74, 6) is 1.84. The van der Waals surface area contributed by atoms with Crippen LogP contribution in [0.15, 0.2) is 205 Å². The van der Waals surface area contributed by atoms with Gasteiger partial charge in [0.15, 0.2) is 17.2 Å². The van der Waals surface area contributed by atoms with E-state index < -0.39 is 0 Å². The van der Waals surface area contributed by atoms with Crippen molar-refractivity contribution in [3.63, 3.8) is 0 Å². The van der Waals surface area contributed by atoms with Crippen molar-refractivity contribution in [2.24, 2.45) is 0 Å². The minimum Gasteiger partial charge on any atom is -0.454 e. The Hall–Kier alpha value is -8.61. The van der Waals surface area contributed by atoms with Crippen LogP contribution in [0.25, 0.3) is 122 Å². The van der Waals surface area contributed by atoms with Crippen LogP contribution >= 0.6 is 0 Å². The topological polar surface area (TPSA) is 61.7 Å². The van der Waals surface area contributed by atoms with E-state index in [0.29, 0.717) is 17.6 Å². The van der Waals surface area contributed by atoms with Gasteiger partial charge in [-0.2, -0.15) is 9.97 Å². The van der Waals surface area contributed by atoms with Gasteiger partial charge in [-0.3, -0.25) is 4.57 Å². The highest BCUT2D eigenvalue weighted by Crippen LogP contribution is 2.51. The third-order valence-corrected chi connectivity index (χ3v) is 14.0. The largest absolute Gasteiger partial charge is 0.454 e. The SMILES string of the molecule is CC1(C)c2ccccc2-c2cc3c4cc(-c5ccc6c(c5)c5ccccc5n6-c5cccc6c5oc5ccccc56)ccc4n(-c4nc(-c5ccccc5)nc(-c5ccccc5)n4)c3cc21. The zero-order valence-electron chi connectivity index (χ0n) is 36.2. The Morgan fingerprint density at radius 3 is 1.70 bits per heavy atom. The van der Waals surface area contributed by atoms with Crippen LogP contribution in [0.5, 0.6) is 0 Å². The quantitative estimate of drug-likeness (QED) is 0.173. The van der Waals surface area contributed by atoms with Gasteiger partial charge >= 0.3 is 0 Å². The predicted octanol–water partition coefficient (Wildman–Crippen LogP) is 15.3. The molecule has 1 aliphatic carbocycles. The summed E-state index contributed by atoms with van der Waals surface area (Å²) in [5, 5.41) is 6.89. The van der Waals surface area contributed by atoms with Crippen LogP contribution in [0.2, 0.25) is 0 Å². The second kappa shape index (κ2) is 13.7. The molecule has 0 radical (unpaired) electrons.